The Morgan fingerprint density at radius 3 is 2.32 bits per heavy atom. The van der Waals surface area contributed by atoms with Gasteiger partial charge in [-0.3, -0.25) is 14.4 Å². The van der Waals surface area contributed by atoms with Gasteiger partial charge in [0.15, 0.2) is 0 Å². The molecule has 2 amide bonds. The number of piperazine rings is 1. The zero-order valence-electron chi connectivity index (χ0n) is 16.9. The van der Waals surface area contributed by atoms with Crippen LogP contribution in [0.15, 0.2) is 48.7 Å². The van der Waals surface area contributed by atoms with Crippen molar-refractivity contribution >= 4 is 34.2 Å². The highest BCUT2D eigenvalue weighted by Gasteiger charge is 2.31. The number of amides is 2. The molecule has 1 saturated heterocycles. The fourth-order valence-electron chi connectivity index (χ4n) is 3.78. The molecule has 8 heteroatoms. The van der Waals surface area contributed by atoms with Crippen molar-refractivity contribution in [3.63, 3.8) is 0 Å². The second-order valence-corrected chi connectivity index (χ2v) is 7.13. The van der Waals surface area contributed by atoms with Crippen molar-refractivity contribution in [2.75, 3.05) is 33.3 Å². The van der Waals surface area contributed by atoms with Crippen molar-refractivity contribution in [2.24, 2.45) is 0 Å². The number of rotatable bonds is 4. The number of nitrogens with one attached hydrogen (secondary N) is 1. The second kappa shape index (κ2) is 8.32. The summed E-state index contributed by atoms with van der Waals surface area (Å²) in [4.78, 5) is 48.0. The number of aromatic nitrogens is 1. The van der Waals surface area contributed by atoms with Crippen LogP contribution >= 0.6 is 0 Å². The maximum atomic E-state index is 13.0. The summed E-state index contributed by atoms with van der Waals surface area (Å²) >= 11 is 0. The summed E-state index contributed by atoms with van der Waals surface area (Å²) < 4.78 is 5.34. The fraction of sp³-hybridized carbons (Fsp3) is 0.217. The van der Waals surface area contributed by atoms with Crippen LogP contribution in [0.5, 0.6) is 5.75 Å². The minimum absolute atomic E-state index is 0.0907. The van der Waals surface area contributed by atoms with Gasteiger partial charge in [-0.05, 0) is 18.2 Å². The molecule has 0 aliphatic carbocycles. The summed E-state index contributed by atoms with van der Waals surface area (Å²) in [6.07, 6.45) is 1.44. The number of aromatic amines is 1. The van der Waals surface area contributed by atoms with Gasteiger partial charge < -0.3 is 19.5 Å². The highest BCUT2D eigenvalue weighted by molar-refractivity contribution is 6.45. The van der Waals surface area contributed by atoms with Crippen LogP contribution in [0.1, 0.15) is 20.7 Å². The molecule has 0 atom stereocenters. The van der Waals surface area contributed by atoms with Crippen LogP contribution in [0, 0.1) is 6.57 Å². The lowest BCUT2D eigenvalue weighted by atomic mass is 10.1. The second-order valence-electron chi connectivity index (χ2n) is 7.13. The number of hydrogen-bond acceptors (Lipinski definition) is 4. The van der Waals surface area contributed by atoms with E-state index >= 15 is 0 Å². The molecule has 4 rings (SSSR count). The van der Waals surface area contributed by atoms with Gasteiger partial charge in [0, 0.05) is 43.3 Å². The van der Waals surface area contributed by atoms with Gasteiger partial charge in [0.25, 0.3) is 17.6 Å². The van der Waals surface area contributed by atoms with Crippen LogP contribution in [0.2, 0.25) is 0 Å². The first-order valence-corrected chi connectivity index (χ1v) is 9.78. The third kappa shape index (κ3) is 3.62. The number of ether oxygens (including phenoxy) is 1. The molecule has 0 unspecified atom stereocenters. The van der Waals surface area contributed by atoms with E-state index in [4.69, 9.17) is 11.3 Å². The topological polar surface area (TPSA) is 87.1 Å². The molecule has 2 aromatic carbocycles. The predicted octanol–water partition coefficient (Wildman–Crippen LogP) is 2.89. The van der Waals surface area contributed by atoms with Crippen molar-refractivity contribution < 1.29 is 19.1 Å². The number of ketones is 1. The Morgan fingerprint density at radius 2 is 1.68 bits per heavy atom. The van der Waals surface area contributed by atoms with E-state index in [1.807, 2.05) is 6.07 Å². The molecule has 0 saturated carbocycles. The van der Waals surface area contributed by atoms with Gasteiger partial charge >= 0.3 is 0 Å². The maximum Gasteiger partial charge on any atom is 0.295 e. The number of H-pyrrole nitrogens is 1. The first-order valence-electron chi connectivity index (χ1n) is 9.78. The quantitative estimate of drug-likeness (QED) is 0.403. The lowest BCUT2D eigenvalue weighted by molar-refractivity contribution is -0.127. The Morgan fingerprint density at radius 1 is 1.00 bits per heavy atom. The number of benzene rings is 2. The molecule has 0 bridgehead atoms. The van der Waals surface area contributed by atoms with Crippen LogP contribution in [0.3, 0.4) is 0 Å². The van der Waals surface area contributed by atoms with E-state index in [0.29, 0.717) is 41.0 Å². The molecule has 1 N–H and O–H groups in total. The van der Waals surface area contributed by atoms with E-state index < -0.39 is 11.7 Å². The smallest absolute Gasteiger partial charge is 0.295 e. The summed E-state index contributed by atoms with van der Waals surface area (Å²) in [5.74, 6) is -0.984. The predicted molar refractivity (Wildman–Crippen MR) is 114 cm³/mol. The van der Waals surface area contributed by atoms with Gasteiger partial charge in [-0.1, -0.05) is 24.3 Å². The molecule has 8 nitrogen and oxygen atoms in total. The van der Waals surface area contributed by atoms with Crippen LogP contribution in [-0.2, 0) is 4.79 Å². The third-order valence-electron chi connectivity index (χ3n) is 5.43. The molecule has 1 aromatic heterocycles. The Bertz CT molecular complexity index is 1200. The largest absolute Gasteiger partial charge is 0.496 e. The molecule has 3 aromatic rings. The van der Waals surface area contributed by atoms with Gasteiger partial charge in [-0.2, -0.15) is 0 Å². The van der Waals surface area contributed by atoms with Gasteiger partial charge in [0.2, 0.25) is 5.69 Å². The minimum atomic E-state index is -0.672. The van der Waals surface area contributed by atoms with Gasteiger partial charge in [0.1, 0.15) is 5.75 Å². The lowest BCUT2D eigenvalue weighted by Gasteiger charge is -2.34. The standard InChI is InChI=1S/C23H20N4O4/c1-24-17-8-9-18(31-2)19-16(14-25-20(17)19)21(28)23(30)27-12-10-26(11-13-27)22(29)15-6-4-3-5-7-15/h3-9,14,25H,10-13H2,2H3. The molecule has 2 heterocycles. The average Bonchev–Trinajstić information content (AvgIpc) is 3.28. The number of carbonyl (C=O) groups excluding carboxylic acids is 3. The third-order valence-corrected chi connectivity index (χ3v) is 5.43. The van der Waals surface area contributed by atoms with Crippen molar-refractivity contribution in [1.29, 1.82) is 0 Å². The van der Waals surface area contributed by atoms with Crippen LogP contribution < -0.4 is 4.74 Å². The van der Waals surface area contributed by atoms with Gasteiger partial charge in [-0.15, -0.1) is 0 Å². The van der Waals surface area contributed by atoms with Crippen molar-refractivity contribution in [1.82, 2.24) is 14.8 Å². The van der Waals surface area contributed by atoms with E-state index in [1.54, 1.807) is 41.3 Å². The SMILES string of the molecule is [C-]#[N+]c1ccc(OC)c2c(C(=O)C(=O)N3CCN(C(=O)c4ccccc4)CC3)c[nH]c12. The first-order chi connectivity index (χ1) is 15.0. The summed E-state index contributed by atoms with van der Waals surface area (Å²) in [7, 11) is 1.47. The van der Waals surface area contributed by atoms with Crippen LogP contribution in [0.25, 0.3) is 15.7 Å². The molecule has 1 aliphatic rings. The number of Topliss-reactive ketones (excluding diaryl/α,β-unsaturated/α-hetero) is 1. The Balaban J connectivity index is 1.51. The van der Waals surface area contributed by atoms with E-state index in [1.165, 1.54) is 18.2 Å². The Kier molecular flexibility index (Phi) is 5.41. The number of methoxy groups -OCH3 is 1. The number of carbonyl (C=O) groups is 3. The van der Waals surface area contributed by atoms with E-state index in [0.717, 1.165) is 0 Å². The van der Waals surface area contributed by atoms with Crippen LogP contribution in [0.4, 0.5) is 5.69 Å². The van der Waals surface area contributed by atoms with Gasteiger partial charge in [0.05, 0.1) is 24.8 Å². The monoisotopic (exact) mass is 416 g/mol. The molecule has 0 radical (unpaired) electrons. The first kappa shape index (κ1) is 20.2. The molecule has 1 aliphatic heterocycles. The highest BCUT2D eigenvalue weighted by atomic mass is 16.5. The minimum Gasteiger partial charge on any atom is -0.496 e. The summed E-state index contributed by atoms with van der Waals surface area (Å²) in [5.41, 5.74) is 1.57. The number of fused-ring (bicyclic) bond motifs is 1. The Labute approximate surface area is 178 Å². The van der Waals surface area contributed by atoms with E-state index in [2.05, 4.69) is 9.83 Å². The van der Waals surface area contributed by atoms with Crippen molar-refractivity contribution in [3.8, 4) is 5.75 Å². The molecular formula is C23H20N4O4. The summed E-state index contributed by atoms with van der Waals surface area (Å²) in [6, 6.07) is 12.2. The zero-order chi connectivity index (χ0) is 22.0. The van der Waals surface area contributed by atoms with Crippen molar-refractivity contribution in [2.45, 2.75) is 0 Å². The van der Waals surface area contributed by atoms with Crippen molar-refractivity contribution in [3.05, 3.63) is 71.2 Å². The van der Waals surface area contributed by atoms with Crippen LogP contribution in [-0.4, -0.2) is 65.7 Å². The average molecular weight is 416 g/mol. The molecule has 31 heavy (non-hydrogen) atoms. The number of hydrogen-bond donors (Lipinski definition) is 1. The zero-order valence-corrected chi connectivity index (χ0v) is 16.9. The van der Waals surface area contributed by atoms with E-state index in [9.17, 15) is 14.4 Å². The summed E-state index contributed by atoms with van der Waals surface area (Å²) in [6.45, 7) is 8.56. The molecule has 1 fully saturated rings. The maximum absolute atomic E-state index is 13.0. The molecule has 0 spiro atoms. The van der Waals surface area contributed by atoms with Gasteiger partial charge in [-0.25, -0.2) is 4.85 Å². The Hall–Kier alpha value is -4.12. The molecule has 156 valence electrons. The molecular weight excluding hydrogens is 396 g/mol. The number of nitrogens with zero attached hydrogens (tertiary/aromatic N) is 3. The highest BCUT2D eigenvalue weighted by Crippen LogP contribution is 2.35. The van der Waals surface area contributed by atoms with E-state index in [-0.39, 0.29) is 24.6 Å². The normalized spacial score (nSPS) is 13.7. The summed E-state index contributed by atoms with van der Waals surface area (Å²) in [5, 5.41) is 0.423. The lowest BCUT2D eigenvalue weighted by Crippen LogP contribution is -2.52. The fourth-order valence-corrected chi connectivity index (χ4v) is 3.78.